The van der Waals surface area contributed by atoms with E-state index in [2.05, 4.69) is 78.9 Å². The second kappa shape index (κ2) is 10.7. The minimum absolute atomic E-state index is 0.652. The van der Waals surface area contributed by atoms with Gasteiger partial charge in [0.05, 0.1) is 10.2 Å². The number of hydrogen-bond acceptors (Lipinski definition) is 5. The first-order chi connectivity index (χ1) is 21.3. The first kappa shape index (κ1) is 25.2. The molecule has 0 saturated carbocycles. The lowest BCUT2D eigenvalue weighted by atomic mass is 9.99. The third-order valence-electron chi connectivity index (χ3n) is 7.55. The first-order valence-corrected chi connectivity index (χ1v) is 15.0. The molecule has 8 aromatic rings. The summed E-state index contributed by atoms with van der Waals surface area (Å²) in [5.74, 6) is 1.97. The van der Waals surface area contributed by atoms with Crippen molar-refractivity contribution < 1.29 is 0 Å². The molecule has 0 amide bonds. The lowest BCUT2D eigenvalue weighted by Gasteiger charge is -2.10. The molecule has 0 radical (unpaired) electrons. The van der Waals surface area contributed by atoms with Crippen molar-refractivity contribution in [1.29, 1.82) is 0 Å². The van der Waals surface area contributed by atoms with E-state index in [1.807, 2.05) is 66.7 Å². The minimum Gasteiger partial charge on any atom is -0.235 e. The number of fused-ring (bicyclic) bond motifs is 2. The van der Waals surface area contributed by atoms with Crippen molar-refractivity contribution in [3.63, 3.8) is 0 Å². The lowest BCUT2D eigenvalue weighted by molar-refractivity contribution is 1.07. The van der Waals surface area contributed by atoms with Gasteiger partial charge in [-0.3, -0.25) is 0 Å². The Morgan fingerprint density at radius 3 is 1.49 bits per heavy atom. The van der Waals surface area contributed by atoms with Crippen molar-refractivity contribution in [2.45, 2.75) is 0 Å². The molecule has 6 aromatic carbocycles. The Labute approximate surface area is 253 Å². The summed E-state index contributed by atoms with van der Waals surface area (Å²) in [5, 5.41) is 3.31. The van der Waals surface area contributed by atoms with Crippen molar-refractivity contribution in [3.8, 4) is 55.9 Å². The van der Waals surface area contributed by atoms with Crippen molar-refractivity contribution >= 4 is 32.3 Å². The van der Waals surface area contributed by atoms with Crippen LogP contribution in [0.4, 0.5) is 0 Å². The van der Waals surface area contributed by atoms with Gasteiger partial charge in [-0.05, 0) is 34.5 Å². The molecule has 2 heterocycles. The highest BCUT2D eigenvalue weighted by Crippen LogP contribution is 2.37. The zero-order valence-corrected chi connectivity index (χ0v) is 23.9. The van der Waals surface area contributed by atoms with Gasteiger partial charge in [-0.25, -0.2) is 19.9 Å². The lowest BCUT2D eigenvalue weighted by Crippen LogP contribution is -2.00. The average molecular weight is 569 g/mol. The molecule has 4 nitrogen and oxygen atoms in total. The molecule has 43 heavy (non-hydrogen) atoms. The van der Waals surface area contributed by atoms with Crippen LogP contribution >= 0.6 is 11.3 Å². The molecule has 8 rings (SSSR count). The van der Waals surface area contributed by atoms with Gasteiger partial charge in [0, 0.05) is 27.8 Å². The predicted octanol–water partition coefficient (Wildman–Crippen LogP) is 9.97. The molecule has 0 bridgehead atoms. The van der Waals surface area contributed by atoms with Gasteiger partial charge >= 0.3 is 0 Å². The highest BCUT2D eigenvalue weighted by atomic mass is 32.1. The fraction of sp³-hybridized carbons (Fsp3) is 0. The van der Waals surface area contributed by atoms with E-state index in [0.717, 1.165) is 54.7 Å². The van der Waals surface area contributed by atoms with Crippen LogP contribution in [-0.2, 0) is 0 Å². The van der Waals surface area contributed by atoms with Gasteiger partial charge in [0.15, 0.2) is 17.5 Å². The maximum absolute atomic E-state index is 5.06. The van der Waals surface area contributed by atoms with Gasteiger partial charge in [-0.15, -0.1) is 11.3 Å². The van der Waals surface area contributed by atoms with E-state index in [1.165, 1.54) is 4.70 Å². The average Bonchev–Trinajstić information content (AvgIpc) is 3.54. The maximum Gasteiger partial charge on any atom is 0.164 e. The first-order valence-electron chi connectivity index (χ1n) is 14.1. The summed E-state index contributed by atoms with van der Waals surface area (Å²) in [6, 6.07) is 49.9. The summed E-state index contributed by atoms with van der Waals surface area (Å²) in [6.45, 7) is 0. The van der Waals surface area contributed by atoms with Gasteiger partial charge in [0.1, 0.15) is 5.01 Å². The quantitative estimate of drug-likeness (QED) is 0.207. The molecule has 0 aliphatic heterocycles. The van der Waals surface area contributed by atoms with E-state index in [-0.39, 0.29) is 0 Å². The van der Waals surface area contributed by atoms with Gasteiger partial charge in [0.25, 0.3) is 0 Å². The monoisotopic (exact) mass is 568 g/mol. The van der Waals surface area contributed by atoms with Crippen LogP contribution in [0.2, 0.25) is 0 Å². The number of rotatable bonds is 5. The number of aromatic nitrogens is 4. The molecular weight excluding hydrogens is 545 g/mol. The molecule has 2 aromatic heterocycles. The summed E-state index contributed by atoms with van der Waals surface area (Å²) >= 11 is 1.73. The molecule has 5 heteroatoms. The Morgan fingerprint density at radius 1 is 0.372 bits per heavy atom. The van der Waals surface area contributed by atoms with E-state index in [1.54, 1.807) is 11.3 Å². The number of nitrogens with zero attached hydrogens (tertiary/aromatic N) is 4. The second-order valence-corrected chi connectivity index (χ2v) is 11.4. The SMILES string of the molecule is c1ccc(-c2nc(-c3ccccc3)nc(-c3ccc4cc(-c5cccc6sc(-c7ccccc7)nc56)ccc4c3)n2)cc1. The van der Waals surface area contributed by atoms with Gasteiger partial charge in [-0.2, -0.15) is 0 Å². The van der Waals surface area contributed by atoms with Crippen molar-refractivity contribution in [2.24, 2.45) is 0 Å². The van der Waals surface area contributed by atoms with Gasteiger partial charge in [-0.1, -0.05) is 127 Å². The predicted molar refractivity (Wildman–Crippen MR) is 178 cm³/mol. The fourth-order valence-corrected chi connectivity index (χ4v) is 6.37. The zero-order valence-electron chi connectivity index (χ0n) is 23.1. The Balaban J connectivity index is 1.20. The largest absolute Gasteiger partial charge is 0.235 e. The molecule has 0 unspecified atom stereocenters. The fourth-order valence-electron chi connectivity index (χ4n) is 5.38. The Kier molecular flexibility index (Phi) is 6.28. The van der Waals surface area contributed by atoms with Crippen molar-refractivity contribution in [2.75, 3.05) is 0 Å². The normalized spacial score (nSPS) is 11.3. The summed E-state index contributed by atoms with van der Waals surface area (Å²) in [5.41, 5.74) is 7.33. The standard InChI is InChI=1S/C38H24N4S/c1-4-11-25(12-5-1)35-40-36(26-13-6-2-7-14-26)42-37(41-35)31-22-20-28-23-30(21-19-29(28)24-31)32-17-10-18-33-34(32)39-38(43-33)27-15-8-3-9-16-27/h1-24H. The molecule has 0 atom stereocenters. The van der Waals surface area contributed by atoms with Gasteiger partial charge < -0.3 is 0 Å². The van der Waals surface area contributed by atoms with Crippen LogP contribution in [0.3, 0.4) is 0 Å². The van der Waals surface area contributed by atoms with E-state index in [4.69, 9.17) is 19.9 Å². The third kappa shape index (κ3) is 4.86. The number of thiazole rings is 1. The number of para-hydroxylation sites is 1. The molecule has 0 fully saturated rings. The van der Waals surface area contributed by atoms with E-state index in [0.29, 0.717) is 17.5 Å². The van der Waals surface area contributed by atoms with Crippen LogP contribution in [0.25, 0.3) is 76.9 Å². The Bertz CT molecular complexity index is 2170. The van der Waals surface area contributed by atoms with E-state index >= 15 is 0 Å². The minimum atomic E-state index is 0.652. The second-order valence-electron chi connectivity index (χ2n) is 10.4. The molecule has 0 aliphatic rings. The third-order valence-corrected chi connectivity index (χ3v) is 8.62. The molecule has 0 aliphatic carbocycles. The van der Waals surface area contributed by atoms with E-state index in [9.17, 15) is 0 Å². The number of hydrogen-bond donors (Lipinski definition) is 0. The summed E-state index contributed by atoms with van der Waals surface area (Å²) in [7, 11) is 0. The Morgan fingerprint density at radius 2 is 0.884 bits per heavy atom. The summed E-state index contributed by atoms with van der Waals surface area (Å²) < 4.78 is 1.19. The Hall–Kier alpha value is -5.52. The zero-order chi connectivity index (χ0) is 28.6. The summed E-state index contributed by atoms with van der Waals surface area (Å²) in [6.07, 6.45) is 0. The molecule has 202 valence electrons. The van der Waals surface area contributed by atoms with Crippen LogP contribution in [0.5, 0.6) is 0 Å². The molecule has 0 saturated heterocycles. The van der Waals surface area contributed by atoms with Crippen LogP contribution in [0.1, 0.15) is 0 Å². The van der Waals surface area contributed by atoms with Crippen LogP contribution in [-0.4, -0.2) is 19.9 Å². The van der Waals surface area contributed by atoms with Crippen LogP contribution in [0, 0.1) is 0 Å². The molecule has 0 N–H and O–H groups in total. The molecular formula is C38H24N4S. The van der Waals surface area contributed by atoms with Crippen LogP contribution < -0.4 is 0 Å². The van der Waals surface area contributed by atoms with Crippen molar-refractivity contribution in [3.05, 3.63) is 146 Å². The maximum atomic E-state index is 5.06. The summed E-state index contributed by atoms with van der Waals surface area (Å²) in [4.78, 5) is 19.7. The highest BCUT2D eigenvalue weighted by molar-refractivity contribution is 7.21. The van der Waals surface area contributed by atoms with Crippen LogP contribution in [0.15, 0.2) is 146 Å². The van der Waals surface area contributed by atoms with Gasteiger partial charge in [0.2, 0.25) is 0 Å². The smallest absolute Gasteiger partial charge is 0.164 e. The molecule has 0 spiro atoms. The van der Waals surface area contributed by atoms with Crippen molar-refractivity contribution in [1.82, 2.24) is 19.9 Å². The highest BCUT2D eigenvalue weighted by Gasteiger charge is 2.14. The number of benzene rings is 6. The van der Waals surface area contributed by atoms with E-state index < -0.39 is 0 Å². The topological polar surface area (TPSA) is 51.6 Å².